The van der Waals surface area contributed by atoms with E-state index in [1.54, 1.807) is 6.26 Å². The summed E-state index contributed by atoms with van der Waals surface area (Å²) in [5, 5.41) is 12.5. The number of aromatic nitrogens is 3. The van der Waals surface area contributed by atoms with E-state index >= 15 is 0 Å². The number of rotatable bonds is 5. The molecule has 0 saturated heterocycles. The minimum absolute atomic E-state index is 0.0177. The number of carbonyl (C=O) groups excluding carboxylic acids is 1. The summed E-state index contributed by atoms with van der Waals surface area (Å²) in [6.45, 7) is 0.437. The number of amides is 1. The SMILES string of the molecule is CN(C)C(CNC(=O)c1cn[nH]n1)c1ccco1. The first-order valence-corrected chi connectivity index (χ1v) is 5.52. The summed E-state index contributed by atoms with van der Waals surface area (Å²) >= 11 is 0. The van der Waals surface area contributed by atoms with Gasteiger partial charge in [0.1, 0.15) is 5.76 Å². The summed E-state index contributed by atoms with van der Waals surface area (Å²) < 4.78 is 5.35. The maximum atomic E-state index is 11.7. The van der Waals surface area contributed by atoms with Crippen LogP contribution in [0.15, 0.2) is 29.0 Å². The Hall–Kier alpha value is -2.15. The number of nitrogens with one attached hydrogen (secondary N) is 2. The third kappa shape index (κ3) is 2.75. The molecular weight excluding hydrogens is 234 g/mol. The van der Waals surface area contributed by atoms with Crippen LogP contribution in [0.25, 0.3) is 0 Å². The summed E-state index contributed by atoms with van der Waals surface area (Å²) in [4.78, 5) is 13.7. The molecule has 0 spiro atoms. The quantitative estimate of drug-likeness (QED) is 0.802. The number of nitrogens with zero attached hydrogens (tertiary/aromatic N) is 3. The molecule has 0 saturated carbocycles. The Labute approximate surface area is 104 Å². The fraction of sp³-hybridized carbons (Fsp3) is 0.364. The van der Waals surface area contributed by atoms with Gasteiger partial charge in [-0.25, -0.2) is 0 Å². The molecule has 0 aliphatic carbocycles. The Balaban J connectivity index is 1.97. The van der Waals surface area contributed by atoms with Crippen LogP contribution in [0.3, 0.4) is 0 Å². The lowest BCUT2D eigenvalue weighted by Gasteiger charge is -2.22. The number of furan rings is 1. The molecule has 0 aromatic carbocycles. The van der Waals surface area contributed by atoms with Crippen molar-refractivity contribution in [2.24, 2.45) is 0 Å². The standard InChI is InChI=1S/C11H15N5O2/c1-16(2)9(10-4-3-5-18-10)7-12-11(17)8-6-13-15-14-8/h3-6,9H,7H2,1-2H3,(H,12,17)(H,13,14,15). The fourth-order valence-corrected chi connectivity index (χ4v) is 1.61. The van der Waals surface area contributed by atoms with Gasteiger partial charge in [0.15, 0.2) is 5.69 Å². The minimum Gasteiger partial charge on any atom is -0.468 e. The highest BCUT2D eigenvalue weighted by Gasteiger charge is 2.18. The summed E-state index contributed by atoms with van der Waals surface area (Å²) in [5.74, 6) is 0.544. The van der Waals surface area contributed by atoms with Crippen molar-refractivity contribution >= 4 is 5.91 Å². The monoisotopic (exact) mass is 249 g/mol. The van der Waals surface area contributed by atoms with Crippen molar-refractivity contribution < 1.29 is 9.21 Å². The molecule has 96 valence electrons. The van der Waals surface area contributed by atoms with Crippen molar-refractivity contribution in [2.75, 3.05) is 20.6 Å². The highest BCUT2D eigenvalue weighted by molar-refractivity contribution is 5.91. The molecule has 1 atom stereocenters. The molecule has 0 bridgehead atoms. The third-order valence-corrected chi connectivity index (χ3v) is 2.60. The molecule has 7 nitrogen and oxygen atoms in total. The lowest BCUT2D eigenvalue weighted by atomic mass is 10.2. The van der Waals surface area contributed by atoms with Gasteiger partial charge in [-0.05, 0) is 26.2 Å². The topological polar surface area (TPSA) is 87.0 Å². The smallest absolute Gasteiger partial charge is 0.273 e. The number of carbonyl (C=O) groups is 1. The first-order valence-electron chi connectivity index (χ1n) is 5.52. The third-order valence-electron chi connectivity index (χ3n) is 2.60. The second kappa shape index (κ2) is 5.46. The first kappa shape index (κ1) is 12.3. The summed E-state index contributed by atoms with van der Waals surface area (Å²) in [6, 6.07) is 3.69. The van der Waals surface area contributed by atoms with Crippen LogP contribution in [0.2, 0.25) is 0 Å². The van der Waals surface area contributed by atoms with Crippen LogP contribution in [0.5, 0.6) is 0 Å². The van der Waals surface area contributed by atoms with Gasteiger partial charge < -0.3 is 9.73 Å². The molecule has 0 aliphatic heterocycles. The summed E-state index contributed by atoms with van der Waals surface area (Å²) in [6.07, 6.45) is 3.00. The zero-order valence-electron chi connectivity index (χ0n) is 10.3. The summed E-state index contributed by atoms with van der Waals surface area (Å²) in [5.41, 5.74) is 0.270. The zero-order chi connectivity index (χ0) is 13.0. The van der Waals surface area contributed by atoms with Gasteiger partial charge in [0, 0.05) is 6.54 Å². The van der Waals surface area contributed by atoms with Gasteiger partial charge in [-0.1, -0.05) is 0 Å². The van der Waals surface area contributed by atoms with Crippen molar-refractivity contribution in [1.29, 1.82) is 0 Å². The molecule has 0 fully saturated rings. The molecule has 1 amide bonds. The van der Waals surface area contributed by atoms with Crippen molar-refractivity contribution in [3.05, 3.63) is 36.0 Å². The van der Waals surface area contributed by atoms with E-state index in [0.717, 1.165) is 5.76 Å². The van der Waals surface area contributed by atoms with E-state index in [0.29, 0.717) is 6.54 Å². The van der Waals surface area contributed by atoms with Crippen LogP contribution in [-0.2, 0) is 0 Å². The number of likely N-dealkylation sites (N-methyl/N-ethyl adjacent to an activating group) is 1. The largest absolute Gasteiger partial charge is 0.468 e. The molecule has 2 N–H and O–H groups in total. The van der Waals surface area contributed by atoms with Crippen molar-refractivity contribution in [2.45, 2.75) is 6.04 Å². The van der Waals surface area contributed by atoms with Crippen LogP contribution in [-0.4, -0.2) is 46.9 Å². The molecule has 2 rings (SSSR count). The van der Waals surface area contributed by atoms with E-state index in [9.17, 15) is 4.79 Å². The van der Waals surface area contributed by atoms with Gasteiger partial charge in [0.25, 0.3) is 5.91 Å². The van der Waals surface area contributed by atoms with Gasteiger partial charge in [-0.2, -0.15) is 15.4 Å². The zero-order valence-corrected chi connectivity index (χ0v) is 10.3. The first-order chi connectivity index (χ1) is 8.68. The average Bonchev–Trinajstić information content (AvgIpc) is 3.01. The van der Waals surface area contributed by atoms with E-state index < -0.39 is 0 Å². The van der Waals surface area contributed by atoms with E-state index in [1.807, 2.05) is 31.1 Å². The number of H-pyrrole nitrogens is 1. The van der Waals surface area contributed by atoms with E-state index in [-0.39, 0.29) is 17.6 Å². The number of hydrogen-bond donors (Lipinski definition) is 2. The highest BCUT2D eigenvalue weighted by atomic mass is 16.3. The fourth-order valence-electron chi connectivity index (χ4n) is 1.61. The predicted octanol–water partition coefficient (Wildman–Crippen LogP) is 0.430. The number of hydrogen-bond acceptors (Lipinski definition) is 5. The molecule has 0 aliphatic rings. The lowest BCUT2D eigenvalue weighted by Crippen LogP contribution is -2.34. The van der Waals surface area contributed by atoms with E-state index in [4.69, 9.17) is 4.42 Å². The van der Waals surface area contributed by atoms with Gasteiger partial charge in [-0.15, -0.1) is 0 Å². The lowest BCUT2D eigenvalue weighted by molar-refractivity contribution is 0.0934. The Kier molecular flexibility index (Phi) is 3.73. The van der Waals surface area contributed by atoms with Crippen molar-refractivity contribution in [3.63, 3.8) is 0 Å². The Bertz CT molecular complexity index is 478. The predicted molar refractivity (Wildman–Crippen MR) is 63.9 cm³/mol. The van der Waals surface area contributed by atoms with Crippen LogP contribution in [0, 0.1) is 0 Å². The molecule has 7 heteroatoms. The van der Waals surface area contributed by atoms with Gasteiger partial charge in [-0.3, -0.25) is 9.69 Å². The summed E-state index contributed by atoms with van der Waals surface area (Å²) in [7, 11) is 3.85. The molecule has 18 heavy (non-hydrogen) atoms. The van der Waals surface area contributed by atoms with Crippen LogP contribution in [0.4, 0.5) is 0 Å². The maximum Gasteiger partial charge on any atom is 0.273 e. The normalized spacial score (nSPS) is 12.6. The van der Waals surface area contributed by atoms with Crippen LogP contribution >= 0.6 is 0 Å². The van der Waals surface area contributed by atoms with E-state index in [1.165, 1.54) is 6.20 Å². The maximum absolute atomic E-state index is 11.7. The Morgan fingerprint density at radius 2 is 2.44 bits per heavy atom. The van der Waals surface area contributed by atoms with Gasteiger partial charge in [0.2, 0.25) is 0 Å². The molecular formula is C11H15N5O2. The molecule has 0 radical (unpaired) electrons. The second-order valence-electron chi connectivity index (χ2n) is 4.06. The van der Waals surface area contributed by atoms with Crippen molar-refractivity contribution in [3.8, 4) is 0 Å². The molecule has 2 aromatic rings. The average molecular weight is 249 g/mol. The van der Waals surface area contributed by atoms with Gasteiger partial charge in [0.05, 0.1) is 18.5 Å². The van der Waals surface area contributed by atoms with Crippen molar-refractivity contribution in [1.82, 2.24) is 25.6 Å². The van der Waals surface area contributed by atoms with Crippen LogP contribution < -0.4 is 5.32 Å². The van der Waals surface area contributed by atoms with Gasteiger partial charge >= 0.3 is 0 Å². The van der Waals surface area contributed by atoms with Crippen LogP contribution in [0.1, 0.15) is 22.3 Å². The Morgan fingerprint density at radius 1 is 1.61 bits per heavy atom. The molecule has 1 unspecified atom stereocenters. The minimum atomic E-state index is -0.262. The van der Waals surface area contributed by atoms with E-state index in [2.05, 4.69) is 20.7 Å². The Morgan fingerprint density at radius 3 is 3.00 bits per heavy atom. The second-order valence-corrected chi connectivity index (χ2v) is 4.06. The number of aromatic amines is 1. The molecule has 2 heterocycles. The molecule has 2 aromatic heterocycles. The highest BCUT2D eigenvalue weighted by Crippen LogP contribution is 2.17.